The second-order valence-electron chi connectivity index (χ2n) is 6.54. The molecule has 4 aromatic rings. The van der Waals surface area contributed by atoms with Crippen molar-refractivity contribution < 1.29 is 9.21 Å². The van der Waals surface area contributed by atoms with Crippen LogP contribution >= 0.6 is 11.8 Å². The molecule has 1 amide bonds. The number of rotatable bonds is 8. The second kappa shape index (κ2) is 8.95. The molecule has 10 heteroatoms. The molecule has 4 rings (SSSR count). The Morgan fingerprint density at radius 1 is 1.23 bits per heavy atom. The number of carbonyl (C=O) groups is 1. The zero-order valence-corrected chi connectivity index (χ0v) is 17.4. The third kappa shape index (κ3) is 4.28. The van der Waals surface area contributed by atoms with Crippen molar-refractivity contribution in [1.29, 1.82) is 0 Å². The highest BCUT2D eigenvalue weighted by Gasteiger charge is 2.17. The van der Waals surface area contributed by atoms with Crippen LogP contribution in [0, 0.1) is 0 Å². The third-order valence-corrected chi connectivity index (χ3v) is 5.53. The van der Waals surface area contributed by atoms with Crippen LogP contribution in [0.25, 0.3) is 17.3 Å². The van der Waals surface area contributed by atoms with E-state index >= 15 is 0 Å². The summed E-state index contributed by atoms with van der Waals surface area (Å²) in [4.78, 5) is 16.4. The zero-order valence-electron chi connectivity index (χ0n) is 16.6. The summed E-state index contributed by atoms with van der Waals surface area (Å²) >= 11 is 1.35. The molecule has 1 N–H and O–H groups in total. The molecular formula is C20H21N7O2S. The van der Waals surface area contributed by atoms with Gasteiger partial charge in [-0.2, -0.15) is 5.10 Å². The van der Waals surface area contributed by atoms with Gasteiger partial charge in [0.1, 0.15) is 12.7 Å². The molecule has 1 aromatic carbocycles. The van der Waals surface area contributed by atoms with E-state index in [1.165, 1.54) is 18.1 Å². The number of thioether (sulfide) groups is 1. The van der Waals surface area contributed by atoms with Gasteiger partial charge in [-0.05, 0) is 43.7 Å². The molecule has 0 saturated carbocycles. The molecule has 0 aliphatic heterocycles. The van der Waals surface area contributed by atoms with E-state index in [9.17, 15) is 4.79 Å². The van der Waals surface area contributed by atoms with E-state index in [0.29, 0.717) is 23.3 Å². The Morgan fingerprint density at radius 2 is 2.07 bits per heavy atom. The molecule has 0 spiro atoms. The molecule has 1 atom stereocenters. The summed E-state index contributed by atoms with van der Waals surface area (Å²) in [6.45, 7) is 4.64. The maximum atomic E-state index is 12.5. The Labute approximate surface area is 177 Å². The van der Waals surface area contributed by atoms with Crippen molar-refractivity contribution in [2.75, 3.05) is 5.75 Å². The predicted octanol–water partition coefficient (Wildman–Crippen LogP) is 3.11. The minimum absolute atomic E-state index is 0.0712. The topological polar surface area (TPSA) is 104 Å². The molecule has 30 heavy (non-hydrogen) atoms. The smallest absolute Gasteiger partial charge is 0.230 e. The Bertz CT molecular complexity index is 1090. The maximum absolute atomic E-state index is 12.5. The molecule has 9 nitrogen and oxygen atoms in total. The van der Waals surface area contributed by atoms with Gasteiger partial charge < -0.3 is 9.73 Å². The van der Waals surface area contributed by atoms with E-state index in [1.54, 1.807) is 17.3 Å². The van der Waals surface area contributed by atoms with Crippen LogP contribution in [0.5, 0.6) is 0 Å². The molecule has 3 aromatic heterocycles. The zero-order chi connectivity index (χ0) is 20.9. The first-order valence-corrected chi connectivity index (χ1v) is 10.5. The largest absolute Gasteiger partial charge is 0.461 e. The monoisotopic (exact) mass is 423 g/mol. The molecule has 0 aliphatic carbocycles. The highest BCUT2D eigenvalue weighted by molar-refractivity contribution is 7.99. The first kappa shape index (κ1) is 19.9. The van der Waals surface area contributed by atoms with Crippen molar-refractivity contribution in [2.45, 2.75) is 31.6 Å². The van der Waals surface area contributed by atoms with Crippen molar-refractivity contribution in [1.82, 2.24) is 34.8 Å². The van der Waals surface area contributed by atoms with E-state index in [-0.39, 0.29) is 17.7 Å². The molecule has 154 valence electrons. The van der Waals surface area contributed by atoms with Gasteiger partial charge in [0.05, 0.1) is 23.7 Å². The molecule has 0 bridgehead atoms. The first-order valence-electron chi connectivity index (χ1n) is 9.50. The van der Waals surface area contributed by atoms with E-state index < -0.39 is 0 Å². The number of aromatic nitrogens is 6. The highest BCUT2D eigenvalue weighted by Crippen LogP contribution is 2.24. The average molecular weight is 424 g/mol. The standard InChI is InChI=1S/C20H21N7O2S/c1-3-26-19(17-5-4-10-29-17)24-25-20(26)30-11-18(28)23-14(2)15-6-8-16(9-7-15)27-13-21-12-22-27/h4-10,12-14H,3,11H2,1-2H3,(H,23,28)/t14-/m0/s1. The van der Waals surface area contributed by atoms with E-state index in [1.807, 2.05) is 54.8 Å². The molecule has 0 fully saturated rings. The van der Waals surface area contributed by atoms with Crippen LogP contribution in [-0.4, -0.2) is 41.2 Å². The van der Waals surface area contributed by atoms with Crippen molar-refractivity contribution >= 4 is 17.7 Å². The van der Waals surface area contributed by atoms with Crippen LogP contribution in [0.4, 0.5) is 0 Å². The van der Waals surface area contributed by atoms with Gasteiger partial charge in [-0.3, -0.25) is 9.36 Å². The lowest BCUT2D eigenvalue weighted by atomic mass is 10.1. The highest BCUT2D eigenvalue weighted by atomic mass is 32.2. The Balaban J connectivity index is 1.35. The predicted molar refractivity (Wildman–Crippen MR) is 112 cm³/mol. The van der Waals surface area contributed by atoms with Crippen molar-refractivity contribution in [3.05, 3.63) is 60.9 Å². The molecule has 0 unspecified atom stereocenters. The van der Waals surface area contributed by atoms with Crippen LogP contribution in [-0.2, 0) is 11.3 Å². The summed E-state index contributed by atoms with van der Waals surface area (Å²) in [5, 5.41) is 16.2. The SMILES string of the molecule is CCn1c(SCC(=O)N[C@@H](C)c2ccc(-n3cncn3)cc2)nnc1-c1ccco1. The van der Waals surface area contributed by atoms with Gasteiger partial charge in [0, 0.05) is 6.54 Å². The van der Waals surface area contributed by atoms with Gasteiger partial charge in [-0.1, -0.05) is 23.9 Å². The minimum atomic E-state index is -0.120. The van der Waals surface area contributed by atoms with Gasteiger partial charge in [0.15, 0.2) is 16.7 Å². The quantitative estimate of drug-likeness (QED) is 0.434. The summed E-state index contributed by atoms with van der Waals surface area (Å²) in [6, 6.07) is 11.4. The lowest BCUT2D eigenvalue weighted by Crippen LogP contribution is -2.28. The molecule has 0 saturated heterocycles. The third-order valence-electron chi connectivity index (χ3n) is 4.56. The number of carbonyl (C=O) groups excluding carboxylic acids is 1. The lowest BCUT2D eigenvalue weighted by Gasteiger charge is -2.15. The van der Waals surface area contributed by atoms with Crippen LogP contribution in [0.3, 0.4) is 0 Å². The maximum Gasteiger partial charge on any atom is 0.230 e. The number of hydrogen-bond donors (Lipinski definition) is 1. The van der Waals surface area contributed by atoms with E-state index in [4.69, 9.17) is 4.42 Å². The number of nitrogens with zero attached hydrogens (tertiary/aromatic N) is 6. The van der Waals surface area contributed by atoms with Crippen molar-refractivity contribution in [3.8, 4) is 17.3 Å². The summed E-state index contributed by atoms with van der Waals surface area (Å²) in [5.74, 6) is 1.49. The normalized spacial score (nSPS) is 12.1. The van der Waals surface area contributed by atoms with E-state index in [0.717, 1.165) is 11.3 Å². The molecular weight excluding hydrogens is 402 g/mol. The van der Waals surface area contributed by atoms with Crippen LogP contribution in [0.15, 0.2) is 64.9 Å². The number of hydrogen-bond acceptors (Lipinski definition) is 7. The molecule has 0 radical (unpaired) electrons. The second-order valence-corrected chi connectivity index (χ2v) is 7.48. The fourth-order valence-corrected chi connectivity index (χ4v) is 3.84. The number of amides is 1. The fourth-order valence-electron chi connectivity index (χ4n) is 3.02. The summed E-state index contributed by atoms with van der Waals surface area (Å²) in [5.41, 5.74) is 1.92. The average Bonchev–Trinajstić information content (AvgIpc) is 3.53. The van der Waals surface area contributed by atoms with Gasteiger partial charge in [-0.25, -0.2) is 9.67 Å². The fraction of sp³-hybridized carbons (Fsp3) is 0.250. The van der Waals surface area contributed by atoms with Crippen LogP contribution in [0.2, 0.25) is 0 Å². The van der Waals surface area contributed by atoms with E-state index in [2.05, 4.69) is 25.6 Å². The minimum Gasteiger partial charge on any atom is -0.461 e. The number of furan rings is 1. The Hall–Kier alpha value is -3.40. The molecule has 0 aliphatic rings. The van der Waals surface area contributed by atoms with Crippen LogP contribution < -0.4 is 5.32 Å². The van der Waals surface area contributed by atoms with Gasteiger partial charge in [-0.15, -0.1) is 10.2 Å². The van der Waals surface area contributed by atoms with Crippen molar-refractivity contribution in [3.63, 3.8) is 0 Å². The van der Waals surface area contributed by atoms with Gasteiger partial charge in [0.2, 0.25) is 5.91 Å². The lowest BCUT2D eigenvalue weighted by molar-refractivity contribution is -0.119. The first-order chi connectivity index (χ1) is 14.7. The van der Waals surface area contributed by atoms with Crippen LogP contribution in [0.1, 0.15) is 25.5 Å². The number of nitrogens with one attached hydrogen (secondary N) is 1. The van der Waals surface area contributed by atoms with Gasteiger partial charge in [0.25, 0.3) is 0 Å². The molecule has 3 heterocycles. The van der Waals surface area contributed by atoms with Gasteiger partial charge >= 0.3 is 0 Å². The number of benzene rings is 1. The van der Waals surface area contributed by atoms with Crippen molar-refractivity contribution in [2.24, 2.45) is 0 Å². The summed E-state index contributed by atoms with van der Waals surface area (Å²) in [6.07, 6.45) is 4.74. The summed E-state index contributed by atoms with van der Waals surface area (Å²) < 4.78 is 9.03. The Kier molecular flexibility index (Phi) is 5.94. The summed E-state index contributed by atoms with van der Waals surface area (Å²) in [7, 11) is 0. The Morgan fingerprint density at radius 3 is 2.73 bits per heavy atom.